The number of benzene rings is 1. The van der Waals surface area contributed by atoms with Gasteiger partial charge in [0.05, 0.1) is 34.1 Å². The minimum absolute atomic E-state index is 0.0646. The zero-order valence-corrected chi connectivity index (χ0v) is 19.8. The number of nitrogens with zero attached hydrogens (tertiary/aromatic N) is 4. The van der Waals surface area contributed by atoms with Gasteiger partial charge in [-0.1, -0.05) is 23.2 Å². The van der Waals surface area contributed by atoms with Crippen molar-refractivity contribution >= 4 is 29.0 Å². The summed E-state index contributed by atoms with van der Waals surface area (Å²) >= 11 is 12.2. The fraction of sp³-hybridized carbons (Fsp3) is 0.167. The maximum absolute atomic E-state index is 14.9. The van der Waals surface area contributed by atoms with Crippen LogP contribution < -0.4 is 15.3 Å². The lowest BCUT2D eigenvalue weighted by Crippen LogP contribution is -2.50. The molecule has 0 saturated heterocycles. The van der Waals surface area contributed by atoms with Crippen molar-refractivity contribution < 1.29 is 19.1 Å². The van der Waals surface area contributed by atoms with E-state index in [1.807, 2.05) is 6.07 Å². The van der Waals surface area contributed by atoms with E-state index in [0.717, 1.165) is 0 Å². The standard InChI is InChI=1S/C24H18Cl2FN6O2/c1-35-33-11-14(19-13(9-28)2-4-16(25)20(19)27)8-12-6-7-24(34,21(12)33)23-30-10-17(31-23)15-3-5-18(29)32-22(15)26/h2-5,8,10-11,34H,6-7H2,1H3,(H2,29,32)(H,30,31)/q+1. The number of hydrogen-bond donors (Lipinski definition) is 3. The second-order valence-corrected chi connectivity index (χ2v) is 8.85. The molecular weight excluding hydrogens is 494 g/mol. The van der Waals surface area contributed by atoms with Crippen LogP contribution in [0.25, 0.3) is 22.4 Å². The van der Waals surface area contributed by atoms with Crippen molar-refractivity contribution in [2.45, 2.75) is 18.4 Å². The van der Waals surface area contributed by atoms with E-state index in [1.165, 1.54) is 30.2 Å². The van der Waals surface area contributed by atoms with Crippen LogP contribution in [0.15, 0.2) is 42.7 Å². The number of fused-ring (bicyclic) bond motifs is 1. The summed E-state index contributed by atoms with van der Waals surface area (Å²) in [6, 6.07) is 9.85. The lowest BCUT2D eigenvalue weighted by Gasteiger charge is -2.18. The number of imidazole rings is 1. The van der Waals surface area contributed by atoms with Gasteiger partial charge in [-0.25, -0.2) is 14.4 Å². The van der Waals surface area contributed by atoms with E-state index in [2.05, 4.69) is 15.0 Å². The lowest BCUT2D eigenvalue weighted by atomic mass is 9.97. The fourth-order valence-electron chi connectivity index (χ4n) is 4.45. The Labute approximate surface area is 209 Å². The number of aromatic nitrogens is 4. The third kappa shape index (κ3) is 3.67. The first kappa shape index (κ1) is 23.1. The highest BCUT2D eigenvalue weighted by molar-refractivity contribution is 6.32. The molecule has 0 spiro atoms. The molecule has 11 heteroatoms. The first-order valence-electron chi connectivity index (χ1n) is 10.5. The lowest BCUT2D eigenvalue weighted by molar-refractivity contribution is -0.893. The van der Waals surface area contributed by atoms with Crippen molar-refractivity contribution in [1.29, 1.82) is 5.26 Å². The summed E-state index contributed by atoms with van der Waals surface area (Å²) in [4.78, 5) is 17.1. The van der Waals surface area contributed by atoms with Gasteiger partial charge in [-0.15, -0.1) is 0 Å². The highest BCUT2D eigenvalue weighted by atomic mass is 35.5. The quantitative estimate of drug-likeness (QED) is 0.284. The Morgan fingerprint density at radius 2 is 2.11 bits per heavy atom. The number of halogens is 3. The van der Waals surface area contributed by atoms with Crippen LogP contribution in [0.3, 0.4) is 0 Å². The summed E-state index contributed by atoms with van der Waals surface area (Å²) in [7, 11) is 1.43. The second-order valence-electron chi connectivity index (χ2n) is 8.09. The molecule has 8 nitrogen and oxygen atoms in total. The number of aromatic amines is 1. The molecule has 0 fully saturated rings. The summed E-state index contributed by atoms with van der Waals surface area (Å²) in [6.45, 7) is 0. The molecule has 176 valence electrons. The summed E-state index contributed by atoms with van der Waals surface area (Å²) in [5.41, 5.74) is 7.03. The van der Waals surface area contributed by atoms with Crippen molar-refractivity contribution in [3.05, 3.63) is 81.4 Å². The maximum Gasteiger partial charge on any atom is 0.276 e. The molecule has 0 aliphatic heterocycles. The van der Waals surface area contributed by atoms with Gasteiger partial charge in [-0.3, -0.25) is 4.84 Å². The molecule has 0 bridgehead atoms. The molecule has 3 heterocycles. The van der Waals surface area contributed by atoms with Crippen LogP contribution in [0.1, 0.15) is 29.1 Å². The highest BCUT2D eigenvalue weighted by Crippen LogP contribution is 2.41. The molecule has 0 amide bonds. The van der Waals surface area contributed by atoms with Crippen LogP contribution in [-0.4, -0.2) is 27.2 Å². The number of aliphatic hydroxyl groups is 1. The predicted molar refractivity (Wildman–Crippen MR) is 127 cm³/mol. The minimum atomic E-state index is -1.53. The number of nitrogens with two attached hydrogens (primary N) is 1. The molecule has 3 aromatic heterocycles. The second kappa shape index (κ2) is 8.50. The summed E-state index contributed by atoms with van der Waals surface area (Å²) in [6.07, 6.45) is 3.80. The third-order valence-electron chi connectivity index (χ3n) is 6.09. The van der Waals surface area contributed by atoms with Crippen molar-refractivity contribution in [3.8, 4) is 28.5 Å². The highest BCUT2D eigenvalue weighted by Gasteiger charge is 2.50. The summed E-state index contributed by atoms with van der Waals surface area (Å²) in [5, 5.41) is 21.4. The molecule has 1 aromatic carbocycles. The Balaban J connectivity index is 1.62. The SMILES string of the molecule is CO[n+]1cc(-c2c(C#N)ccc(Cl)c2F)cc2c1C(O)(c1ncc(-c3ccc(N)nc3Cl)[nH]1)CC2. The van der Waals surface area contributed by atoms with Crippen LogP contribution in [0.5, 0.6) is 0 Å². The maximum atomic E-state index is 14.9. The smallest absolute Gasteiger partial charge is 0.276 e. The number of anilines is 1. The number of nitrogen functional groups attached to an aromatic ring is 1. The molecule has 0 saturated carbocycles. The van der Waals surface area contributed by atoms with Crippen molar-refractivity contribution in [2.75, 3.05) is 12.8 Å². The first-order chi connectivity index (χ1) is 16.8. The Morgan fingerprint density at radius 1 is 1.31 bits per heavy atom. The van der Waals surface area contributed by atoms with Gasteiger partial charge in [0.25, 0.3) is 5.69 Å². The number of pyridine rings is 2. The monoisotopic (exact) mass is 511 g/mol. The van der Waals surface area contributed by atoms with Crippen LogP contribution in [0.4, 0.5) is 10.2 Å². The van der Waals surface area contributed by atoms with Crippen molar-refractivity contribution in [2.24, 2.45) is 0 Å². The average molecular weight is 512 g/mol. The van der Waals surface area contributed by atoms with Gasteiger partial charge >= 0.3 is 0 Å². The fourth-order valence-corrected chi connectivity index (χ4v) is 4.87. The van der Waals surface area contributed by atoms with E-state index in [1.54, 1.807) is 24.4 Å². The van der Waals surface area contributed by atoms with E-state index < -0.39 is 11.4 Å². The molecule has 1 unspecified atom stereocenters. The van der Waals surface area contributed by atoms with Gasteiger partial charge in [-0.2, -0.15) is 5.26 Å². The van der Waals surface area contributed by atoms with E-state index in [4.69, 9.17) is 33.8 Å². The number of hydrogen-bond acceptors (Lipinski definition) is 6. The number of nitrogens with one attached hydrogen (secondary N) is 1. The Bertz CT molecular complexity index is 1530. The molecule has 1 aliphatic carbocycles. The van der Waals surface area contributed by atoms with E-state index >= 15 is 0 Å². The molecule has 5 rings (SSSR count). The summed E-state index contributed by atoms with van der Waals surface area (Å²) in [5.74, 6) is -0.134. The van der Waals surface area contributed by atoms with Crippen LogP contribution in [0, 0.1) is 17.1 Å². The first-order valence-corrected chi connectivity index (χ1v) is 11.2. The normalized spacial score (nSPS) is 16.7. The zero-order valence-electron chi connectivity index (χ0n) is 18.3. The number of rotatable bonds is 4. The number of aryl methyl sites for hydroxylation is 1. The summed E-state index contributed by atoms with van der Waals surface area (Å²) < 4.78 is 16.3. The van der Waals surface area contributed by atoms with Crippen LogP contribution in [0.2, 0.25) is 10.2 Å². The largest absolute Gasteiger partial charge is 0.384 e. The third-order valence-corrected chi connectivity index (χ3v) is 6.67. The van der Waals surface area contributed by atoms with Gasteiger partial charge in [0.15, 0.2) is 5.82 Å². The van der Waals surface area contributed by atoms with Gasteiger partial charge in [0.1, 0.15) is 23.9 Å². The zero-order chi connectivity index (χ0) is 24.9. The van der Waals surface area contributed by atoms with Gasteiger partial charge in [-0.05, 0) is 43.2 Å². The number of nitriles is 1. The van der Waals surface area contributed by atoms with Crippen LogP contribution >= 0.6 is 23.2 Å². The molecule has 4 aromatic rings. The van der Waals surface area contributed by atoms with E-state index in [0.29, 0.717) is 40.9 Å². The molecule has 35 heavy (non-hydrogen) atoms. The number of H-pyrrole nitrogens is 1. The Hall–Kier alpha value is -3.71. The molecule has 1 aliphatic rings. The molecule has 0 radical (unpaired) electrons. The molecule has 1 atom stereocenters. The van der Waals surface area contributed by atoms with E-state index in [9.17, 15) is 14.8 Å². The van der Waals surface area contributed by atoms with Crippen LogP contribution in [-0.2, 0) is 12.0 Å². The Kier molecular flexibility index (Phi) is 5.60. The predicted octanol–water partition coefficient (Wildman–Crippen LogP) is 3.57. The van der Waals surface area contributed by atoms with Gasteiger partial charge in [0, 0.05) is 21.4 Å². The molecular formula is C24H18Cl2FN6O2+. The van der Waals surface area contributed by atoms with Gasteiger partial charge in [0.2, 0.25) is 11.8 Å². The van der Waals surface area contributed by atoms with E-state index in [-0.39, 0.29) is 32.9 Å². The minimum Gasteiger partial charge on any atom is -0.384 e. The van der Waals surface area contributed by atoms with Crippen molar-refractivity contribution in [3.63, 3.8) is 0 Å². The van der Waals surface area contributed by atoms with Gasteiger partial charge < -0.3 is 15.8 Å². The van der Waals surface area contributed by atoms with Crippen molar-refractivity contribution in [1.82, 2.24) is 15.0 Å². The topological polar surface area (TPSA) is 125 Å². The molecule has 4 N–H and O–H groups in total. The average Bonchev–Trinajstić information content (AvgIpc) is 3.46. The Morgan fingerprint density at radius 3 is 2.83 bits per heavy atom.